The number of benzene rings is 3. The molecule has 5 nitrogen and oxygen atoms in total. The van der Waals surface area contributed by atoms with Crippen LogP contribution in [-0.2, 0) is 0 Å². The minimum absolute atomic E-state index is 0.0277. The Morgan fingerprint density at radius 3 is 2.45 bits per heavy atom. The van der Waals surface area contributed by atoms with Crippen LogP contribution in [0, 0.1) is 10.1 Å². The highest BCUT2D eigenvalue weighted by atomic mass is 35.5. The van der Waals surface area contributed by atoms with Crippen molar-refractivity contribution < 1.29 is 4.92 Å². The normalized spacial score (nSPS) is 11.1. The Morgan fingerprint density at radius 1 is 0.966 bits per heavy atom. The molecule has 3 aromatic carbocycles. The number of hydrogen-bond acceptors (Lipinski definition) is 5. The molecule has 0 saturated heterocycles. The van der Waals surface area contributed by atoms with Crippen LogP contribution in [0.4, 0.5) is 10.8 Å². The molecular weight excluding hydrogens is 406 g/mol. The summed E-state index contributed by atoms with van der Waals surface area (Å²) in [4.78, 5) is 20.7. The first-order valence-electron chi connectivity index (χ1n) is 8.71. The number of hydrogen-bond donors (Lipinski definition) is 0. The molecule has 4 rings (SSSR count). The van der Waals surface area contributed by atoms with Crippen molar-refractivity contribution in [1.29, 1.82) is 0 Å². The van der Waals surface area contributed by atoms with Crippen molar-refractivity contribution in [3.8, 4) is 21.7 Å². The van der Waals surface area contributed by atoms with E-state index in [1.807, 2.05) is 54.6 Å². The number of non-ortho nitro benzene ring substituents is 1. The van der Waals surface area contributed by atoms with Gasteiger partial charge in [0.05, 0.1) is 15.5 Å². The zero-order valence-corrected chi connectivity index (χ0v) is 16.6. The van der Waals surface area contributed by atoms with E-state index in [-0.39, 0.29) is 5.69 Å². The summed E-state index contributed by atoms with van der Waals surface area (Å²) >= 11 is 7.49. The fourth-order valence-corrected chi connectivity index (χ4v) is 3.87. The molecule has 142 valence electrons. The molecule has 0 unspecified atom stereocenters. The van der Waals surface area contributed by atoms with Crippen LogP contribution >= 0.6 is 22.9 Å². The second kappa shape index (κ2) is 8.34. The van der Waals surface area contributed by atoms with Crippen LogP contribution in [0.3, 0.4) is 0 Å². The molecule has 0 amide bonds. The summed E-state index contributed by atoms with van der Waals surface area (Å²) in [7, 11) is 0. The quantitative estimate of drug-likeness (QED) is 0.203. The maximum Gasteiger partial charge on any atom is 0.270 e. The summed E-state index contributed by atoms with van der Waals surface area (Å²) in [5, 5.41) is 12.2. The topological polar surface area (TPSA) is 68.4 Å². The van der Waals surface area contributed by atoms with Gasteiger partial charge in [-0.3, -0.25) is 10.1 Å². The Bertz CT molecular complexity index is 1190. The van der Waals surface area contributed by atoms with E-state index in [2.05, 4.69) is 4.99 Å². The van der Waals surface area contributed by atoms with E-state index in [1.165, 1.54) is 23.5 Å². The number of halogens is 1. The van der Waals surface area contributed by atoms with Crippen molar-refractivity contribution in [1.82, 2.24) is 4.98 Å². The molecule has 0 radical (unpaired) electrons. The second-order valence-corrected chi connectivity index (χ2v) is 7.57. The van der Waals surface area contributed by atoms with Gasteiger partial charge < -0.3 is 0 Å². The van der Waals surface area contributed by atoms with Gasteiger partial charge in [0.15, 0.2) is 0 Å². The first-order chi connectivity index (χ1) is 14.1. The molecule has 0 N–H and O–H groups in total. The summed E-state index contributed by atoms with van der Waals surface area (Å²) in [5.41, 5.74) is 3.49. The van der Waals surface area contributed by atoms with Crippen LogP contribution in [-0.4, -0.2) is 16.1 Å². The van der Waals surface area contributed by atoms with E-state index < -0.39 is 4.92 Å². The molecule has 1 aromatic heterocycles. The van der Waals surface area contributed by atoms with Crippen molar-refractivity contribution in [3.63, 3.8) is 0 Å². The summed E-state index contributed by atoms with van der Waals surface area (Å²) < 4.78 is 0. The minimum Gasteiger partial charge on any atom is -0.258 e. The zero-order valence-electron chi connectivity index (χ0n) is 15.0. The van der Waals surface area contributed by atoms with E-state index in [0.29, 0.717) is 15.7 Å². The van der Waals surface area contributed by atoms with Crippen LogP contribution in [0.5, 0.6) is 0 Å². The van der Waals surface area contributed by atoms with Crippen LogP contribution < -0.4 is 0 Å². The summed E-state index contributed by atoms with van der Waals surface area (Å²) in [5.74, 6) is 0. The molecule has 0 saturated carbocycles. The summed E-state index contributed by atoms with van der Waals surface area (Å²) in [6, 6.07) is 23.8. The van der Waals surface area contributed by atoms with Gasteiger partial charge in [0.2, 0.25) is 5.13 Å². The molecule has 29 heavy (non-hydrogen) atoms. The molecule has 0 atom stereocenters. The first-order valence-corrected chi connectivity index (χ1v) is 9.90. The van der Waals surface area contributed by atoms with Gasteiger partial charge in [-0.25, -0.2) is 9.98 Å². The molecule has 0 bridgehead atoms. The summed E-state index contributed by atoms with van der Waals surface area (Å²) in [6.45, 7) is 0. The fourth-order valence-electron chi connectivity index (χ4n) is 2.80. The van der Waals surface area contributed by atoms with E-state index in [9.17, 15) is 10.1 Å². The van der Waals surface area contributed by atoms with Crippen LogP contribution in [0.1, 0.15) is 5.56 Å². The van der Waals surface area contributed by atoms with Crippen LogP contribution in [0.25, 0.3) is 21.7 Å². The number of aliphatic imine (C=N–C) groups is 1. The number of nitro groups is 1. The molecule has 0 fully saturated rings. The van der Waals surface area contributed by atoms with Crippen molar-refractivity contribution in [2.45, 2.75) is 0 Å². The largest absolute Gasteiger partial charge is 0.270 e. The Hall–Kier alpha value is -3.35. The average molecular weight is 420 g/mol. The van der Waals surface area contributed by atoms with E-state index in [4.69, 9.17) is 16.6 Å². The lowest BCUT2D eigenvalue weighted by molar-refractivity contribution is -0.384. The highest BCUT2D eigenvalue weighted by Crippen LogP contribution is 2.40. The number of nitrogens with zero attached hydrogens (tertiary/aromatic N) is 3. The lowest BCUT2D eigenvalue weighted by Crippen LogP contribution is -1.89. The number of aromatic nitrogens is 1. The van der Waals surface area contributed by atoms with Gasteiger partial charge >= 0.3 is 0 Å². The van der Waals surface area contributed by atoms with E-state index in [1.54, 1.807) is 18.3 Å². The standard InChI is InChI=1S/C22H14ClN3O2S/c23-18-11-9-16(10-12-18)20-21(17-6-2-1-3-7-17)29-22(25-20)24-14-15-5-4-8-19(13-15)26(27)28/h1-14H. The van der Waals surface area contributed by atoms with Crippen LogP contribution in [0.2, 0.25) is 5.02 Å². The Balaban J connectivity index is 1.74. The van der Waals surface area contributed by atoms with Crippen molar-refractivity contribution in [3.05, 3.63) is 99.6 Å². The lowest BCUT2D eigenvalue weighted by Gasteiger charge is -2.02. The third-order valence-corrected chi connectivity index (χ3v) is 5.44. The van der Waals surface area contributed by atoms with Gasteiger partial charge in [0.1, 0.15) is 0 Å². The molecule has 0 aliphatic heterocycles. The predicted molar refractivity (Wildman–Crippen MR) is 118 cm³/mol. The molecule has 0 aliphatic rings. The molecule has 7 heteroatoms. The van der Waals surface area contributed by atoms with Crippen LogP contribution in [0.15, 0.2) is 83.9 Å². The van der Waals surface area contributed by atoms with Gasteiger partial charge in [-0.15, -0.1) is 0 Å². The highest BCUT2D eigenvalue weighted by Gasteiger charge is 2.14. The SMILES string of the molecule is O=[N+]([O-])c1cccc(C=Nc2nc(-c3ccc(Cl)cc3)c(-c3ccccc3)s2)c1. The summed E-state index contributed by atoms with van der Waals surface area (Å²) in [6.07, 6.45) is 1.59. The number of nitro benzene ring substituents is 1. The van der Waals surface area contributed by atoms with Gasteiger partial charge in [0, 0.05) is 28.9 Å². The fraction of sp³-hybridized carbons (Fsp3) is 0. The lowest BCUT2D eigenvalue weighted by atomic mass is 10.1. The number of thiazole rings is 1. The smallest absolute Gasteiger partial charge is 0.258 e. The van der Waals surface area contributed by atoms with Gasteiger partial charge in [-0.1, -0.05) is 77.5 Å². The first kappa shape index (κ1) is 19.0. The Morgan fingerprint density at radius 2 is 1.72 bits per heavy atom. The highest BCUT2D eigenvalue weighted by molar-refractivity contribution is 7.19. The third kappa shape index (κ3) is 4.39. The molecular formula is C22H14ClN3O2S. The Labute approximate surface area is 176 Å². The van der Waals surface area contributed by atoms with E-state index in [0.717, 1.165) is 21.7 Å². The number of rotatable bonds is 5. The molecule has 4 aromatic rings. The van der Waals surface area contributed by atoms with Crippen molar-refractivity contribution in [2.75, 3.05) is 0 Å². The monoisotopic (exact) mass is 419 g/mol. The van der Waals surface area contributed by atoms with Gasteiger partial charge in [0.25, 0.3) is 5.69 Å². The van der Waals surface area contributed by atoms with E-state index >= 15 is 0 Å². The minimum atomic E-state index is -0.424. The third-order valence-electron chi connectivity index (χ3n) is 4.17. The predicted octanol–water partition coefficient (Wildman–Crippen LogP) is 6.79. The second-order valence-electron chi connectivity index (χ2n) is 6.16. The molecule has 1 heterocycles. The Kier molecular flexibility index (Phi) is 5.46. The molecule has 0 spiro atoms. The maximum atomic E-state index is 11.0. The van der Waals surface area contributed by atoms with Crippen molar-refractivity contribution in [2.24, 2.45) is 4.99 Å². The zero-order chi connectivity index (χ0) is 20.2. The van der Waals surface area contributed by atoms with Gasteiger partial charge in [-0.2, -0.15) is 0 Å². The van der Waals surface area contributed by atoms with Gasteiger partial charge in [-0.05, 0) is 23.3 Å². The molecule has 0 aliphatic carbocycles. The maximum absolute atomic E-state index is 11.0. The van der Waals surface area contributed by atoms with Crippen molar-refractivity contribution >= 4 is 40.0 Å². The average Bonchev–Trinajstić information content (AvgIpc) is 3.18.